The zero-order valence-corrected chi connectivity index (χ0v) is 15.6. The molecule has 0 saturated carbocycles. The number of aromatic hydroxyl groups is 2. The fourth-order valence-electron chi connectivity index (χ4n) is 3.01. The number of carboxylic acids is 1. The minimum atomic E-state index is -1.20. The van der Waals surface area contributed by atoms with Gasteiger partial charge in [0.25, 0.3) is 0 Å². The highest BCUT2D eigenvalue weighted by Gasteiger charge is 2.39. The van der Waals surface area contributed by atoms with Gasteiger partial charge in [-0.1, -0.05) is 38.1 Å². The van der Waals surface area contributed by atoms with Crippen molar-refractivity contribution in [3.63, 3.8) is 0 Å². The third kappa shape index (κ3) is 4.58. The third-order valence-corrected chi connectivity index (χ3v) is 4.65. The first kappa shape index (κ1) is 20.3. The lowest BCUT2D eigenvalue weighted by atomic mass is 9.75. The van der Waals surface area contributed by atoms with Gasteiger partial charge < -0.3 is 20.6 Å². The monoisotopic (exact) mass is 371 g/mol. The van der Waals surface area contributed by atoms with Gasteiger partial charge in [0.1, 0.15) is 17.5 Å². The number of rotatable bonds is 7. The zero-order chi connectivity index (χ0) is 20.2. The van der Waals surface area contributed by atoms with Crippen LogP contribution in [0.2, 0.25) is 0 Å². The molecule has 0 unspecified atom stereocenters. The van der Waals surface area contributed by atoms with Crippen LogP contribution in [-0.2, 0) is 15.0 Å². The maximum Gasteiger partial charge on any atom is 0.326 e. The van der Waals surface area contributed by atoms with E-state index in [1.54, 1.807) is 31.2 Å². The predicted molar refractivity (Wildman–Crippen MR) is 102 cm³/mol. The third-order valence-electron chi connectivity index (χ3n) is 4.65. The van der Waals surface area contributed by atoms with Crippen LogP contribution in [-0.4, -0.2) is 33.2 Å². The molecule has 0 aromatic heterocycles. The topological polar surface area (TPSA) is 107 Å². The average Bonchev–Trinajstić information content (AvgIpc) is 2.61. The molecule has 0 saturated heterocycles. The lowest BCUT2D eigenvalue weighted by Crippen LogP contribution is -2.50. The molecule has 1 atom stereocenters. The fourth-order valence-corrected chi connectivity index (χ4v) is 3.01. The Morgan fingerprint density at radius 2 is 1.33 bits per heavy atom. The molecule has 6 heteroatoms. The van der Waals surface area contributed by atoms with Gasteiger partial charge in [0.05, 0.1) is 5.41 Å². The highest BCUT2D eigenvalue weighted by atomic mass is 16.4. The van der Waals surface area contributed by atoms with Crippen molar-refractivity contribution in [1.29, 1.82) is 0 Å². The molecule has 0 aliphatic carbocycles. The molecule has 0 radical (unpaired) electrons. The maximum absolute atomic E-state index is 13.2. The minimum Gasteiger partial charge on any atom is -0.508 e. The summed E-state index contributed by atoms with van der Waals surface area (Å²) in [5, 5.41) is 31.3. The van der Waals surface area contributed by atoms with E-state index < -0.39 is 23.3 Å². The second-order valence-electron chi connectivity index (χ2n) is 7.21. The molecule has 2 rings (SSSR count). The van der Waals surface area contributed by atoms with Crippen LogP contribution in [0.25, 0.3) is 0 Å². The number of carbonyl (C=O) groups is 2. The van der Waals surface area contributed by atoms with E-state index in [-0.39, 0.29) is 17.4 Å². The molecule has 4 N–H and O–H groups in total. The van der Waals surface area contributed by atoms with Crippen LogP contribution in [0.4, 0.5) is 0 Å². The molecular weight excluding hydrogens is 346 g/mol. The number of aliphatic carboxylic acids is 1. The highest BCUT2D eigenvalue weighted by Crippen LogP contribution is 2.34. The summed E-state index contributed by atoms with van der Waals surface area (Å²) in [7, 11) is 0. The first-order chi connectivity index (χ1) is 12.6. The highest BCUT2D eigenvalue weighted by molar-refractivity contribution is 5.94. The lowest BCUT2D eigenvalue weighted by molar-refractivity contribution is -0.142. The van der Waals surface area contributed by atoms with Gasteiger partial charge in [-0.3, -0.25) is 4.79 Å². The van der Waals surface area contributed by atoms with E-state index >= 15 is 0 Å². The van der Waals surface area contributed by atoms with Gasteiger partial charge >= 0.3 is 5.97 Å². The number of hydrogen-bond acceptors (Lipinski definition) is 4. The predicted octanol–water partition coefficient (Wildman–Crippen LogP) is 3.02. The van der Waals surface area contributed by atoms with E-state index in [1.807, 2.05) is 13.8 Å². The standard InChI is InChI=1S/C21H25NO5/c1-13(2)12-18(19(25)26)22-20(27)21(3,14-4-8-16(23)9-5-14)15-6-10-17(24)11-7-15/h4-11,13,18,23-24H,12H2,1-3H3,(H,22,27)(H,25,26)/t18-/m0/s1. The summed E-state index contributed by atoms with van der Waals surface area (Å²) in [6.45, 7) is 5.47. The number of phenols is 2. The first-order valence-corrected chi connectivity index (χ1v) is 8.77. The van der Waals surface area contributed by atoms with Crippen molar-refractivity contribution >= 4 is 11.9 Å². The Labute approximate surface area is 158 Å². The smallest absolute Gasteiger partial charge is 0.326 e. The van der Waals surface area contributed by atoms with Gasteiger partial charge in [-0.15, -0.1) is 0 Å². The molecule has 0 bridgehead atoms. The van der Waals surface area contributed by atoms with E-state index in [2.05, 4.69) is 5.32 Å². The second kappa shape index (κ2) is 8.12. The Bertz CT molecular complexity index is 751. The molecule has 6 nitrogen and oxygen atoms in total. The summed E-state index contributed by atoms with van der Waals surface area (Å²) in [5.74, 6) is -1.33. The Kier molecular flexibility index (Phi) is 6.10. The molecule has 2 aromatic rings. The Morgan fingerprint density at radius 3 is 1.67 bits per heavy atom. The van der Waals surface area contributed by atoms with Crippen molar-refractivity contribution in [3.05, 3.63) is 59.7 Å². The Hall–Kier alpha value is -3.02. The largest absolute Gasteiger partial charge is 0.508 e. The van der Waals surface area contributed by atoms with E-state index in [4.69, 9.17) is 0 Å². The van der Waals surface area contributed by atoms with E-state index in [9.17, 15) is 24.9 Å². The molecule has 2 aromatic carbocycles. The van der Waals surface area contributed by atoms with Crippen molar-refractivity contribution in [3.8, 4) is 11.5 Å². The summed E-state index contributed by atoms with van der Waals surface area (Å²) in [6.07, 6.45) is 0.308. The molecular formula is C21H25NO5. The Balaban J connectivity index is 2.48. The summed E-state index contributed by atoms with van der Waals surface area (Å²) >= 11 is 0. The van der Waals surface area contributed by atoms with Crippen molar-refractivity contribution in [2.24, 2.45) is 5.92 Å². The summed E-state index contributed by atoms with van der Waals surface area (Å²) in [5.41, 5.74) is -0.0131. The van der Waals surface area contributed by atoms with Gasteiger partial charge in [0, 0.05) is 0 Å². The summed E-state index contributed by atoms with van der Waals surface area (Å²) in [4.78, 5) is 24.8. The normalized spacial score (nSPS) is 12.6. The van der Waals surface area contributed by atoms with Gasteiger partial charge in [0.2, 0.25) is 5.91 Å². The molecule has 0 aliphatic rings. The van der Waals surface area contributed by atoms with Crippen LogP contribution in [0.3, 0.4) is 0 Å². The number of carboxylic acid groups (broad SMARTS) is 1. The van der Waals surface area contributed by atoms with E-state index in [0.717, 1.165) is 0 Å². The van der Waals surface area contributed by atoms with Crippen molar-refractivity contribution in [2.45, 2.75) is 38.6 Å². The summed E-state index contributed by atoms with van der Waals surface area (Å²) in [6, 6.07) is 11.4. The number of benzene rings is 2. The van der Waals surface area contributed by atoms with Crippen molar-refractivity contribution in [1.82, 2.24) is 5.32 Å². The molecule has 144 valence electrons. The van der Waals surface area contributed by atoms with Gasteiger partial charge in [0.15, 0.2) is 0 Å². The van der Waals surface area contributed by atoms with Crippen LogP contribution in [0.5, 0.6) is 11.5 Å². The molecule has 0 spiro atoms. The van der Waals surface area contributed by atoms with Crippen molar-refractivity contribution in [2.75, 3.05) is 0 Å². The van der Waals surface area contributed by atoms with Crippen LogP contribution < -0.4 is 5.32 Å². The number of carbonyl (C=O) groups excluding carboxylic acids is 1. The number of nitrogens with one attached hydrogen (secondary N) is 1. The maximum atomic E-state index is 13.2. The minimum absolute atomic E-state index is 0.0652. The van der Waals surface area contributed by atoms with Crippen LogP contribution in [0.15, 0.2) is 48.5 Å². The van der Waals surface area contributed by atoms with Crippen LogP contribution in [0, 0.1) is 5.92 Å². The van der Waals surface area contributed by atoms with E-state index in [1.165, 1.54) is 24.3 Å². The lowest BCUT2D eigenvalue weighted by Gasteiger charge is -2.31. The molecule has 0 aliphatic heterocycles. The van der Waals surface area contributed by atoms with Gasteiger partial charge in [-0.25, -0.2) is 4.79 Å². The van der Waals surface area contributed by atoms with Crippen molar-refractivity contribution < 1.29 is 24.9 Å². The molecule has 0 heterocycles. The summed E-state index contributed by atoms with van der Waals surface area (Å²) < 4.78 is 0. The quantitative estimate of drug-likeness (QED) is 0.598. The average molecular weight is 371 g/mol. The van der Waals surface area contributed by atoms with E-state index in [0.29, 0.717) is 17.5 Å². The van der Waals surface area contributed by atoms with Gasteiger partial charge in [-0.05, 0) is 54.7 Å². The molecule has 1 amide bonds. The second-order valence-corrected chi connectivity index (χ2v) is 7.21. The molecule has 0 fully saturated rings. The number of phenolic OH excluding ortho intramolecular Hbond substituents is 2. The number of amides is 1. The van der Waals surface area contributed by atoms with Crippen LogP contribution in [0.1, 0.15) is 38.3 Å². The Morgan fingerprint density at radius 1 is 0.926 bits per heavy atom. The first-order valence-electron chi connectivity index (χ1n) is 8.77. The fraction of sp³-hybridized carbons (Fsp3) is 0.333. The zero-order valence-electron chi connectivity index (χ0n) is 15.6. The number of hydrogen-bond donors (Lipinski definition) is 4. The SMILES string of the molecule is CC(C)C[C@H](NC(=O)C(C)(c1ccc(O)cc1)c1ccc(O)cc1)C(=O)O. The van der Waals surface area contributed by atoms with Gasteiger partial charge in [-0.2, -0.15) is 0 Å². The van der Waals surface area contributed by atoms with Crippen LogP contribution >= 0.6 is 0 Å². The molecule has 27 heavy (non-hydrogen) atoms.